The molecule has 0 radical (unpaired) electrons. The van der Waals surface area contributed by atoms with Gasteiger partial charge in [-0.25, -0.2) is 0 Å². The summed E-state index contributed by atoms with van der Waals surface area (Å²) in [6.07, 6.45) is 12.9. The summed E-state index contributed by atoms with van der Waals surface area (Å²) < 4.78 is 5.72. The monoisotopic (exact) mass is 196 g/mol. The molecule has 0 N–H and O–H groups in total. The third-order valence-electron chi connectivity index (χ3n) is 3.02. The lowest BCUT2D eigenvalue weighted by atomic mass is 9.97. The number of hydrogen-bond acceptors (Lipinski definition) is 1. The van der Waals surface area contributed by atoms with Gasteiger partial charge in [-0.1, -0.05) is 38.3 Å². The van der Waals surface area contributed by atoms with Crippen molar-refractivity contribution in [3.05, 3.63) is 12.2 Å². The highest BCUT2D eigenvalue weighted by molar-refractivity contribution is 4.92. The normalized spacial score (nSPS) is 29.3. The van der Waals surface area contributed by atoms with Crippen LogP contribution in [-0.4, -0.2) is 12.7 Å². The Balaban J connectivity index is 2.28. The molecule has 0 saturated carbocycles. The van der Waals surface area contributed by atoms with Crippen LogP contribution in [0.2, 0.25) is 0 Å². The van der Waals surface area contributed by atoms with E-state index in [1.54, 1.807) is 0 Å². The summed E-state index contributed by atoms with van der Waals surface area (Å²) in [6, 6.07) is 0. The topological polar surface area (TPSA) is 9.23 Å². The lowest BCUT2D eigenvalue weighted by Crippen LogP contribution is -2.16. The average Bonchev–Trinajstić information content (AvgIpc) is 2.39. The SMILES string of the molecule is CCCC/C=C/[C@@H]1CCCCO[C@H]1C. The van der Waals surface area contributed by atoms with Crippen LogP contribution >= 0.6 is 0 Å². The molecule has 0 amide bonds. The molecule has 2 atom stereocenters. The third kappa shape index (κ3) is 4.28. The molecule has 0 aromatic carbocycles. The standard InChI is InChI=1S/C13H24O/c1-3-4-5-6-9-13-10-7-8-11-14-12(13)2/h6,9,12-13H,3-5,7-8,10-11H2,1-2H3/b9-6+/t12-,13+/m0/s1. The van der Waals surface area contributed by atoms with Crippen LogP contribution in [0, 0.1) is 5.92 Å². The van der Waals surface area contributed by atoms with Gasteiger partial charge in [0.15, 0.2) is 0 Å². The fourth-order valence-corrected chi connectivity index (χ4v) is 1.96. The molecule has 1 rings (SSSR count). The van der Waals surface area contributed by atoms with Crippen LogP contribution in [0.25, 0.3) is 0 Å². The lowest BCUT2D eigenvalue weighted by molar-refractivity contribution is 0.0518. The molecule has 0 aliphatic carbocycles. The summed E-state index contributed by atoms with van der Waals surface area (Å²) in [7, 11) is 0. The van der Waals surface area contributed by atoms with Crippen molar-refractivity contribution >= 4 is 0 Å². The first-order valence-electron chi connectivity index (χ1n) is 6.13. The number of allylic oxidation sites excluding steroid dienone is 1. The first-order chi connectivity index (χ1) is 6.84. The van der Waals surface area contributed by atoms with E-state index in [0.29, 0.717) is 12.0 Å². The van der Waals surface area contributed by atoms with Gasteiger partial charge in [-0.3, -0.25) is 0 Å². The van der Waals surface area contributed by atoms with E-state index in [0.717, 1.165) is 6.61 Å². The van der Waals surface area contributed by atoms with Gasteiger partial charge in [-0.15, -0.1) is 0 Å². The molecule has 1 aliphatic rings. The van der Waals surface area contributed by atoms with Gasteiger partial charge in [-0.2, -0.15) is 0 Å². The van der Waals surface area contributed by atoms with Crippen LogP contribution in [0.1, 0.15) is 52.4 Å². The van der Waals surface area contributed by atoms with Crippen molar-refractivity contribution in [2.24, 2.45) is 5.92 Å². The molecule has 0 spiro atoms. The van der Waals surface area contributed by atoms with Crippen LogP contribution in [0.5, 0.6) is 0 Å². The van der Waals surface area contributed by atoms with Gasteiger partial charge < -0.3 is 4.74 Å². The summed E-state index contributed by atoms with van der Waals surface area (Å²) >= 11 is 0. The zero-order valence-electron chi connectivity index (χ0n) is 9.67. The maximum Gasteiger partial charge on any atom is 0.0609 e. The van der Waals surface area contributed by atoms with Crippen LogP contribution in [0.3, 0.4) is 0 Å². The molecule has 0 bridgehead atoms. The van der Waals surface area contributed by atoms with Gasteiger partial charge in [0.05, 0.1) is 6.10 Å². The molecule has 1 nitrogen and oxygen atoms in total. The second kappa shape index (κ2) is 7.05. The predicted octanol–water partition coefficient (Wildman–Crippen LogP) is 3.94. The maximum atomic E-state index is 5.72. The lowest BCUT2D eigenvalue weighted by Gasteiger charge is -2.17. The number of unbranched alkanes of at least 4 members (excludes halogenated alkanes) is 2. The molecular formula is C13H24O. The Labute approximate surface area is 88.5 Å². The molecule has 1 aliphatic heterocycles. The first-order valence-corrected chi connectivity index (χ1v) is 6.13. The Morgan fingerprint density at radius 1 is 1.36 bits per heavy atom. The molecule has 0 unspecified atom stereocenters. The minimum absolute atomic E-state index is 0.426. The van der Waals surface area contributed by atoms with Crippen molar-refractivity contribution in [1.29, 1.82) is 0 Å². The predicted molar refractivity (Wildman–Crippen MR) is 61.4 cm³/mol. The smallest absolute Gasteiger partial charge is 0.0609 e. The van der Waals surface area contributed by atoms with E-state index in [-0.39, 0.29) is 0 Å². The highest BCUT2D eigenvalue weighted by atomic mass is 16.5. The van der Waals surface area contributed by atoms with E-state index in [9.17, 15) is 0 Å². The van der Waals surface area contributed by atoms with Crippen molar-refractivity contribution in [3.8, 4) is 0 Å². The summed E-state index contributed by atoms with van der Waals surface area (Å²) in [4.78, 5) is 0. The fraction of sp³-hybridized carbons (Fsp3) is 0.846. The number of ether oxygens (including phenoxy) is 1. The second-order valence-electron chi connectivity index (χ2n) is 4.31. The Kier molecular flexibility index (Phi) is 5.93. The van der Waals surface area contributed by atoms with Crippen molar-refractivity contribution in [2.45, 2.75) is 58.5 Å². The van der Waals surface area contributed by atoms with Gasteiger partial charge in [0, 0.05) is 12.5 Å². The highest BCUT2D eigenvalue weighted by Crippen LogP contribution is 2.21. The van der Waals surface area contributed by atoms with E-state index >= 15 is 0 Å². The Morgan fingerprint density at radius 3 is 3.00 bits per heavy atom. The van der Waals surface area contributed by atoms with Gasteiger partial charge >= 0.3 is 0 Å². The van der Waals surface area contributed by atoms with Crippen molar-refractivity contribution in [2.75, 3.05) is 6.61 Å². The molecule has 1 fully saturated rings. The Bertz CT molecular complexity index is 163. The number of rotatable bonds is 4. The summed E-state index contributed by atoms with van der Waals surface area (Å²) in [5.41, 5.74) is 0. The van der Waals surface area contributed by atoms with E-state index in [1.165, 1.54) is 38.5 Å². The molecule has 82 valence electrons. The second-order valence-corrected chi connectivity index (χ2v) is 4.31. The van der Waals surface area contributed by atoms with Crippen molar-refractivity contribution < 1.29 is 4.74 Å². The van der Waals surface area contributed by atoms with Crippen LogP contribution in [0.4, 0.5) is 0 Å². The van der Waals surface area contributed by atoms with Crippen LogP contribution in [0.15, 0.2) is 12.2 Å². The Morgan fingerprint density at radius 2 is 2.21 bits per heavy atom. The summed E-state index contributed by atoms with van der Waals surface area (Å²) in [5.74, 6) is 0.661. The Hall–Kier alpha value is -0.300. The van der Waals surface area contributed by atoms with E-state index in [1.807, 2.05) is 0 Å². The minimum Gasteiger partial charge on any atom is -0.378 e. The van der Waals surface area contributed by atoms with E-state index < -0.39 is 0 Å². The molecule has 0 aromatic rings. The maximum absolute atomic E-state index is 5.72. The highest BCUT2D eigenvalue weighted by Gasteiger charge is 2.17. The summed E-state index contributed by atoms with van der Waals surface area (Å²) in [6.45, 7) is 5.41. The first kappa shape index (κ1) is 11.8. The van der Waals surface area contributed by atoms with Crippen molar-refractivity contribution in [3.63, 3.8) is 0 Å². The quantitative estimate of drug-likeness (QED) is 0.489. The molecule has 1 saturated heterocycles. The van der Waals surface area contributed by atoms with Gasteiger partial charge in [0.1, 0.15) is 0 Å². The van der Waals surface area contributed by atoms with Crippen LogP contribution in [-0.2, 0) is 4.74 Å². The third-order valence-corrected chi connectivity index (χ3v) is 3.02. The molecule has 1 heteroatoms. The van der Waals surface area contributed by atoms with E-state index in [2.05, 4.69) is 26.0 Å². The largest absolute Gasteiger partial charge is 0.378 e. The molecule has 14 heavy (non-hydrogen) atoms. The molecule has 1 heterocycles. The minimum atomic E-state index is 0.426. The zero-order chi connectivity index (χ0) is 10.2. The van der Waals surface area contributed by atoms with Gasteiger partial charge in [-0.05, 0) is 26.2 Å². The number of hydrogen-bond donors (Lipinski definition) is 0. The summed E-state index contributed by atoms with van der Waals surface area (Å²) in [5, 5.41) is 0. The van der Waals surface area contributed by atoms with Crippen LogP contribution < -0.4 is 0 Å². The average molecular weight is 196 g/mol. The van der Waals surface area contributed by atoms with Gasteiger partial charge in [0.2, 0.25) is 0 Å². The van der Waals surface area contributed by atoms with E-state index in [4.69, 9.17) is 4.74 Å². The van der Waals surface area contributed by atoms with Crippen molar-refractivity contribution in [1.82, 2.24) is 0 Å². The fourth-order valence-electron chi connectivity index (χ4n) is 1.96. The van der Waals surface area contributed by atoms with Gasteiger partial charge in [0.25, 0.3) is 0 Å². The molecular weight excluding hydrogens is 172 g/mol. The zero-order valence-corrected chi connectivity index (χ0v) is 9.67. The molecule has 0 aromatic heterocycles.